The molecule has 1 aromatic carbocycles. The van der Waals surface area contributed by atoms with E-state index in [-0.39, 0.29) is 23.6 Å². The van der Waals surface area contributed by atoms with Gasteiger partial charge in [-0.25, -0.2) is 0 Å². The smallest absolute Gasteiger partial charge is 0.234 e. The van der Waals surface area contributed by atoms with Crippen LogP contribution in [0.5, 0.6) is 0 Å². The second-order valence-corrected chi connectivity index (χ2v) is 8.16. The molecule has 1 saturated carbocycles. The van der Waals surface area contributed by atoms with Crippen molar-refractivity contribution < 1.29 is 9.59 Å². The van der Waals surface area contributed by atoms with Crippen LogP contribution in [0.2, 0.25) is 5.02 Å². The molecule has 0 unspecified atom stereocenters. The minimum atomic E-state index is -0.146. The Labute approximate surface area is 159 Å². The highest BCUT2D eigenvalue weighted by atomic mass is 35.5. The first-order valence-electron chi connectivity index (χ1n) is 7.90. The molecule has 2 amide bonds. The molecule has 1 aromatic heterocycles. The summed E-state index contributed by atoms with van der Waals surface area (Å²) in [7, 11) is 0. The molecule has 2 aromatic rings. The Kier molecular flexibility index (Phi) is 5.93. The second-order valence-electron chi connectivity index (χ2n) is 5.55. The van der Waals surface area contributed by atoms with Crippen LogP contribution in [0.3, 0.4) is 0 Å². The highest BCUT2D eigenvalue weighted by Gasteiger charge is 2.35. The average molecular weight is 397 g/mol. The van der Waals surface area contributed by atoms with E-state index in [2.05, 4.69) is 15.5 Å². The summed E-state index contributed by atoms with van der Waals surface area (Å²) in [6.07, 6.45) is 2.46. The van der Waals surface area contributed by atoms with E-state index >= 15 is 0 Å². The number of aromatic nitrogens is 2. The summed E-state index contributed by atoms with van der Waals surface area (Å²) in [5.41, 5.74) is 0.657. The van der Waals surface area contributed by atoms with E-state index in [1.807, 2.05) is 6.92 Å². The van der Waals surface area contributed by atoms with Crippen molar-refractivity contribution in [1.29, 1.82) is 0 Å². The summed E-state index contributed by atoms with van der Waals surface area (Å²) >= 11 is 8.55. The lowest BCUT2D eigenvalue weighted by atomic mass is 10.3. The van der Waals surface area contributed by atoms with Crippen LogP contribution in [0.25, 0.3) is 0 Å². The van der Waals surface area contributed by atoms with Gasteiger partial charge in [-0.2, -0.15) is 0 Å². The Morgan fingerprint density at radius 2 is 2.20 bits per heavy atom. The minimum absolute atomic E-state index is 0.0638. The van der Waals surface area contributed by atoms with Crippen LogP contribution in [0.1, 0.15) is 26.2 Å². The van der Waals surface area contributed by atoms with E-state index in [4.69, 9.17) is 11.6 Å². The normalized spacial score (nSPS) is 13.5. The number of anilines is 2. The SMILES string of the molecule is CCC(=O)N(c1nnc(SCC(=O)Nc2cccc(Cl)c2)s1)C1CC1. The van der Waals surface area contributed by atoms with E-state index in [1.165, 1.54) is 23.1 Å². The van der Waals surface area contributed by atoms with Gasteiger partial charge in [-0.3, -0.25) is 14.5 Å². The predicted molar refractivity (Wildman–Crippen MR) is 102 cm³/mol. The number of hydrogen-bond acceptors (Lipinski definition) is 6. The zero-order chi connectivity index (χ0) is 17.8. The lowest BCUT2D eigenvalue weighted by Crippen LogP contribution is -2.32. The molecule has 1 N–H and O–H groups in total. The van der Waals surface area contributed by atoms with Gasteiger partial charge in [0.25, 0.3) is 0 Å². The number of halogens is 1. The monoisotopic (exact) mass is 396 g/mol. The Morgan fingerprint density at radius 1 is 1.40 bits per heavy atom. The summed E-state index contributed by atoms with van der Waals surface area (Å²) in [6, 6.07) is 7.25. The molecule has 0 bridgehead atoms. The molecule has 9 heteroatoms. The van der Waals surface area contributed by atoms with E-state index in [0.29, 0.717) is 26.6 Å². The van der Waals surface area contributed by atoms with Gasteiger partial charge in [0, 0.05) is 23.2 Å². The van der Waals surface area contributed by atoms with Gasteiger partial charge < -0.3 is 5.32 Å². The van der Waals surface area contributed by atoms with Gasteiger partial charge in [-0.05, 0) is 31.0 Å². The highest BCUT2D eigenvalue weighted by molar-refractivity contribution is 8.01. The summed E-state index contributed by atoms with van der Waals surface area (Å²) in [5, 5.41) is 12.2. The maximum atomic E-state index is 12.1. The molecule has 1 aliphatic carbocycles. The zero-order valence-corrected chi connectivity index (χ0v) is 16.0. The third kappa shape index (κ3) is 4.93. The number of nitrogens with zero attached hydrogens (tertiary/aromatic N) is 3. The number of nitrogens with one attached hydrogen (secondary N) is 1. The van der Waals surface area contributed by atoms with Gasteiger partial charge in [0.15, 0.2) is 4.34 Å². The van der Waals surface area contributed by atoms with Gasteiger partial charge >= 0.3 is 0 Å². The van der Waals surface area contributed by atoms with Gasteiger partial charge in [-0.15, -0.1) is 10.2 Å². The van der Waals surface area contributed by atoms with Crippen LogP contribution in [0, 0.1) is 0 Å². The molecular weight excluding hydrogens is 380 g/mol. The van der Waals surface area contributed by atoms with Crippen molar-refractivity contribution in [1.82, 2.24) is 10.2 Å². The Hall–Kier alpha value is -1.64. The van der Waals surface area contributed by atoms with E-state index < -0.39 is 0 Å². The zero-order valence-electron chi connectivity index (χ0n) is 13.6. The van der Waals surface area contributed by atoms with Crippen molar-refractivity contribution >= 4 is 57.3 Å². The van der Waals surface area contributed by atoms with E-state index in [9.17, 15) is 9.59 Å². The molecular formula is C16H17ClN4O2S2. The number of carbonyl (C=O) groups is 2. The topological polar surface area (TPSA) is 75.2 Å². The fourth-order valence-electron chi connectivity index (χ4n) is 2.22. The molecule has 25 heavy (non-hydrogen) atoms. The molecule has 0 saturated heterocycles. The third-order valence-corrected chi connectivity index (χ3v) is 5.81. The van der Waals surface area contributed by atoms with Gasteiger partial charge in [0.2, 0.25) is 16.9 Å². The predicted octanol–water partition coefficient (Wildman–Crippen LogP) is 3.83. The first kappa shape index (κ1) is 18.2. The maximum Gasteiger partial charge on any atom is 0.234 e. The summed E-state index contributed by atoms with van der Waals surface area (Å²) in [5.74, 6) is 0.133. The van der Waals surface area contributed by atoms with Gasteiger partial charge in [-0.1, -0.05) is 47.7 Å². The fraction of sp³-hybridized carbons (Fsp3) is 0.375. The lowest BCUT2D eigenvalue weighted by molar-refractivity contribution is -0.118. The van der Waals surface area contributed by atoms with Crippen molar-refractivity contribution in [3.05, 3.63) is 29.3 Å². The number of amides is 2. The van der Waals surface area contributed by atoms with E-state index in [0.717, 1.165) is 12.8 Å². The number of carbonyl (C=O) groups excluding carboxylic acids is 2. The van der Waals surface area contributed by atoms with Crippen molar-refractivity contribution in [2.75, 3.05) is 16.0 Å². The molecule has 1 heterocycles. The number of benzene rings is 1. The summed E-state index contributed by atoms with van der Waals surface area (Å²) < 4.78 is 0.672. The molecule has 132 valence electrons. The first-order valence-corrected chi connectivity index (χ1v) is 10.1. The number of rotatable bonds is 7. The number of thioether (sulfide) groups is 1. The Bertz CT molecular complexity index is 779. The third-order valence-electron chi connectivity index (χ3n) is 3.52. The van der Waals surface area contributed by atoms with Crippen LogP contribution in [-0.4, -0.2) is 33.8 Å². The Balaban J connectivity index is 1.56. The minimum Gasteiger partial charge on any atom is -0.325 e. The molecule has 6 nitrogen and oxygen atoms in total. The quantitative estimate of drug-likeness (QED) is 0.568. The van der Waals surface area contributed by atoms with Crippen molar-refractivity contribution in [2.24, 2.45) is 0 Å². The Morgan fingerprint density at radius 3 is 2.88 bits per heavy atom. The molecule has 0 atom stereocenters. The van der Waals surface area contributed by atoms with Crippen molar-refractivity contribution in [2.45, 2.75) is 36.6 Å². The summed E-state index contributed by atoms with van der Waals surface area (Å²) in [6.45, 7) is 1.84. The maximum absolute atomic E-state index is 12.1. The number of hydrogen-bond donors (Lipinski definition) is 1. The van der Waals surface area contributed by atoms with Gasteiger partial charge in [0.05, 0.1) is 5.75 Å². The standard InChI is InChI=1S/C16H17ClN4O2S2/c1-2-14(23)21(12-6-7-12)15-19-20-16(25-15)24-9-13(22)18-11-5-3-4-10(17)8-11/h3-5,8,12H,2,6-7,9H2,1H3,(H,18,22). The van der Waals surface area contributed by atoms with Crippen LogP contribution < -0.4 is 10.2 Å². The lowest BCUT2D eigenvalue weighted by Gasteiger charge is -2.17. The largest absolute Gasteiger partial charge is 0.325 e. The van der Waals surface area contributed by atoms with E-state index in [1.54, 1.807) is 29.2 Å². The molecule has 0 aliphatic heterocycles. The van der Waals surface area contributed by atoms with Crippen LogP contribution in [0.4, 0.5) is 10.8 Å². The van der Waals surface area contributed by atoms with Crippen LogP contribution in [-0.2, 0) is 9.59 Å². The molecule has 3 rings (SSSR count). The van der Waals surface area contributed by atoms with Crippen LogP contribution >= 0.6 is 34.7 Å². The molecule has 0 radical (unpaired) electrons. The average Bonchev–Trinajstić information content (AvgIpc) is 3.31. The van der Waals surface area contributed by atoms with Gasteiger partial charge in [0.1, 0.15) is 0 Å². The van der Waals surface area contributed by atoms with Crippen molar-refractivity contribution in [3.8, 4) is 0 Å². The fourth-order valence-corrected chi connectivity index (χ4v) is 4.14. The molecule has 1 aliphatic rings. The second kappa shape index (κ2) is 8.16. The van der Waals surface area contributed by atoms with Crippen molar-refractivity contribution in [3.63, 3.8) is 0 Å². The molecule has 0 spiro atoms. The molecule has 1 fully saturated rings. The van der Waals surface area contributed by atoms with Crippen LogP contribution in [0.15, 0.2) is 28.6 Å². The first-order chi connectivity index (χ1) is 12.1. The summed E-state index contributed by atoms with van der Waals surface area (Å²) in [4.78, 5) is 25.9. The highest BCUT2D eigenvalue weighted by Crippen LogP contribution is 2.36.